The molecule has 2 heterocycles. The van der Waals surface area contributed by atoms with Crippen LogP contribution in [0.1, 0.15) is 0 Å². The van der Waals surface area contributed by atoms with E-state index in [1.54, 1.807) is 6.07 Å². The Hall–Kier alpha value is -2.24. The van der Waals surface area contributed by atoms with E-state index in [9.17, 15) is 5.11 Å². The van der Waals surface area contributed by atoms with E-state index < -0.39 is 0 Å². The Morgan fingerprint density at radius 1 is 0.870 bits per heavy atom. The van der Waals surface area contributed by atoms with Crippen LogP contribution in [0.2, 0.25) is 0 Å². The number of epoxide rings is 2. The minimum Gasteiger partial charge on any atom is -0.507 e. The van der Waals surface area contributed by atoms with E-state index in [-0.39, 0.29) is 18.0 Å². The smallest absolute Gasteiger partial charge is 0.127 e. The van der Waals surface area contributed by atoms with Gasteiger partial charge in [0.25, 0.3) is 0 Å². The molecule has 5 heteroatoms. The summed E-state index contributed by atoms with van der Waals surface area (Å²) in [5, 5.41) is 10.2. The van der Waals surface area contributed by atoms with Gasteiger partial charge in [-0.3, -0.25) is 0 Å². The Morgan fingerprint density at radius 3 is 2.00 bits per heavy atom. The normalized spacial score (nSPS) is 21.7. The SMILES string of the molecule is Oc1cc(OCC2CO2)ccc1-c1ccc(OCC2CO2)cc1. The predicted octanol–water partition coefficient (Wildman–Crippen LogP) is 2.61. The Balaban J connectivity index is 1.43. The second-order valence-electron chi connectivity index (χ2n) is 5.74. The van der Waals surface area contributed by atoms with Gasteiger partial charge in [-0.25, -0.2) is 0 Å². The minimum atomic E-state index is 0.194. The van der Waals surface area contributed by atoms with Crippen molar-refractivity contribution in [2.45, 2.75) is 12.2 Å². The second kappa shape index (κ2) is 6.10. The molecule has 2 saturated heterocycles. The molecule has 2 aliphatic heterocycles. The van der Waals surface area contributed by atoms with E-state index in [0.717, 1.165) is 30.1 Å². The fraction of sp³-hybridized carbons (Fsp3) is 0.333. The quantitative estimate of drug-likeness (QED) is 0.796. The maximum atomic E-state index is 10.2. The average Bonchev–Trinajstić information content (AvgIpc) is 3.47. The summed E-state index contributed by atoms with van der Waals surface area (Å²) in [5.41, 5.74) is 1.69. The number of benzene rings is 2. The first-order valence-corrected chi connectivity index (χ1v) is 7.70. The van der Waals surface area contributed by atoms with Crippen LogP contribution in [0.25, 0.3) is 11.1 Å². The molecule has 2 unspecified atom stereocenters. The number of hydrogen-bond acceptors (Lipinski definition) is 5. The highest BCUT2D eigenvalue weighted by atomic mass is 16.6. The van der Waals surface area contributed by atoms with E-state index in [1.165, 1.54) is 0 Å². The lowest BCUT2D eigenvalue weighted by Gasteiger charge is -2.10. The van der Waals surface area contributed by atoms with Crippen molar-refractivity contribution in [2.24, 2.45) is 0 Å². The van der Waals surface area contributed by atoms with Crippen molar-refractivity contribution in [1.82, 2.24) is 0 Å². The molecule has 0 amide bonds. The molecule has 0 aromatic heterocycles. The van der Waals surface area contributed by atoms with Crippen molar-refractivity contribution in [3.63, 3.8) is 0 Å². The third-order valence-corrected chi connectivity index (χ3v) is 3.81. The van der Waals surface area contributed by atoms with Crippen LogP contribution in [0.5, 0.6) is 17.2 Å². The maximum absolute atomic E-state index is 10.2. The molecule has 2 atom stereocenters. The molecule has 1 N–H and O–H groups in total. The van der Waals surface area contributed by atoms with Crippen LogP contribution in [0.3, 0.4) is 0 Å². The summed E-state index contributed by atoms with van der Waals surface area (Å²) >= 11 is 0. The summed E-state index contributed by atoms with van der Waals surface area (Å²) in [6.45, 7) is 2.65. The molecular formula is C18H18O5. The molecule has 120 valence electrons. The zero-order chi connectivity index (χ0) is 15.6. The van der Waals surface area contributed by atoms with Crippen LogP contribution in [0.15, 0.2) is 42.5 Å². The number of ether oxygens (including phenoxy) is 4. The number of hydrogen-bond donors (Lipinski definition) is 1. The van der Waals surface area contributed by atoms with Gasteiger partial charge in [0.05, 0.1) is 13.2 Å². The van der Waals surface area contributed by atoms with Crippen molar-refractivity contribution in [3.8, 4) is 28.4 Å². The van der Waals surface area contributed by atoms with Gasteiger partial charge < -0.3 is 24.1 Å². The largest absolute Gasteiger partial charge is 0.507 e. The van der Waals surface area contributed by atoms with Crippen LogP contribution in [0.4, 0.5) is 0 Å². The maximum Gasteiger partial charge on any atom is 0.127 e. The van der Waals surface area contributed by atoms with Gasteiger partial charge in [0, 0.05) is 11.6 Å². The highest BCUT2D eigenvalue weighted by Gasteiger charge is 2.23. The molecule has 2 fully saturated rings. The Labute approximate surface area is 134 Å². The lowest BCUT2D eigenvalue weighted by atomic mass is 10.0. The first-order chi connectivity index (χ1) is 11.3. The fourth-order valence-corrected chi connectivity index (χ4v) is 2.28. The summed E-state index contributed by atoms with van der Waals surface area (Å²) in [6, 6.07) is 13.0. The summed E-state index contributed by atoms with van der Waals surface area (Å²) in [4.78, 5) is 0. The molecule has 2 aromatic carbocycles. The van der Waals surface area contributed by atoms with Crippen LogP contribution < -0.4 is 9.47 Å². The number of phenols is 1. The molecule has 2 aromatic rings. The third-order valence-electron chi connectivity index (χ3n) is 3.81. The third kappa shape index (κ3) is 3.75. The summed E-state index contributed by atoms with van der Waals surface area (Å²) in [6.07, 6.45) is 0.442. The number of rotatable bonds is 7. The molecule has 5 nitrogen and oxygen atoms in total. The average molecular weight is 314 g/mol. The summed E-state index contributed by atoms with van der Waals surface area (Å²) in [7, 11) is 0. The van der Waals surface area contributed by atoms with E-state index >= 15 is 0 Å². The Morgan fingerprint density at radius 2 is 1.43 bits per heavy atom. The van der Waals surface area contributed by atoms with Crippen molar-refractivity contribution in [2.75, 3.05) is 26.4 Å². The fourth-order valence-electron chi connectivity index (χ4n) is 2.28. The van der Waals surface area contributed by atoms with Crippen LogP contribution >= 0.6 is 0 Å². The molecule has 0 spiro atoms. The molecule has 0 radical (unpaired) electrons. The van der Waals surface area contributed by atoms with Gasteiger partial charge in [0.1, 0.15) is 42.7 Å². The topological polar surface area (TPSA) is 63.8 Å². The predicted molar refractivity (Wildman–Crippen MR) is 84.0 cm³/mol. The van der Waals surface area contributed by atoms with Crippen LogP contribution in [0, 0.1) is 0 Å². The van der Waals surface area contributed by atoms with Crippen molar-refractivity contribution in [3.05, 3.63) is 42.5 Å². The lowest BCUT2D eigenvalue weighted by molar-refractivity contribution is 0.262. The molecule has 2 aliphatic rings. The highest BCUT2D eigenvalue weighted by Crippen LogP contribution is 2.33. The number of aromatic hydroxyl groups is 1. The van der Waals surface area contributed by atoms with Crippen LogP contribution in [-0.4, -0.2) is 43.7 Å². The van der Waals surface area contributed by atoms with E-state index in [2.05, 4.69) is 0 Å². The molecule has 23 heavy (non-hydrogen) atoms. The lowest BCUT2D eigenvalue weighted by Crippen LogP contribution is -2.04. The summed E-state index contributed by atoms with van der Waals surface area (Å²) in [5.74, 6) is 1.64. The molecule has 4 rings (SSSR count). The van der Waals surface area contributed by atoms with E-state index in [1.807, 2.05) is 36.4 Å². The number of phenolic OH excluding ortho intramolecular Hbond substituents is 1. The van der Waals surface area contributed by atoms with Gasteiger partial charge in [-0.05, 0) is 29.8 Å². The zero-order valence-corrected chi connectivity index (χ0v) is 12.6. The monoisotopic (exact) mass is 314 g/mol. The molecule has 0 saturated carbocycles. The molecule has 0 aliphatic carbocycles. The Kier molecular flexibility index (Phi) is 3.81. The Bertz CT molecular complexity index is 674. The minimum absolute atomic E-state index is 0.194. The van der Waals surface area contributed by atoms with Gasteiger partial charge in [-0.2, -0.15) is 0 Å². The van der Waals surface area contributed by atoms with Crippen molar-refractivity contribution in [1.29, 1.82) is 0 Å². The highest BCUT2D eigenvalue weighted by molar-refractivity contribution is 5.71. The first-order valence-electron chi connectivity index (χ1n) is 7.70. The molecular weight excluding hydrogens is 296 g/mol. The zero-order valence-electron chi connectivity index (χ0n) is 12.6. The van der Waals surface area contributed by atoms with E-state index in [4.69, 9.17) is 18.9 Å². The van der Waals surface area contributed by atoms with Gasteiger partial charge in [-0.1, -0.05) is 12.1 Å². The standard InChI is InChI=1S/C18H18O5/c19-18-7-14(21-9-16-11-23-16)5-6-17(18)12-1-3-13(4-2-12)20-8-15-10-22-15/h1-7,15-16,19H,8-11H2. The second-order valence-corrected chi connectivity index (χ2v) is 5.74. The van der Waals surface area contributed by atoms with Gasteiger partial charge in [-0.15, -0.1) is 0 Å². The van der Waals surface area contributed by atoms with Gasteiger partial charge >= 0.3 is 0 Å². The van der Waals surface area contributed by atoms with Crippen molar-refractivity contribution >= 4 is 0 Å². The first kappa shape index (κ1) is 14.4. The van der Waals surface area contributed by atoms with Crippen LogP contribution in [-0.2, 0) is 9.47 Å². The van der Waals surface area contributed by atoms with E-state index in [0.29, 0.717) is 19.0 Å². The van der Waals surface area contributed by atoms with Gasteiger partial charge in [0.15, 0.2) is 0 Å². The summed E-state index contributed by atoms with van der Waals surface area (Å²) < 4.78 is 21.4. The molecule has 0 bridgehead atoms. The van der Waals surface area contributed by atoms with Gasteiger partial charge in [0.2, 0.25) is 0 Å². The van der Waals surface area contributed by atoms with Crippen molar-refractivity contribution < 1.29 is 24.1 Å².